The Morgan fingerprint density at radius 2 is 1.93 bits per heavy atom. The van der Waals surface area contributed by atoms with Gasteiger partial charge >= 0.3 is 5.97 Å². The summed E-state index contributed by atoms with van der Waals surface area (Å²) in [5, 5.41) is 21.3. The predicted molar refractivity (Wildman–Crippen MR) is 160 cm³/mol. The number of halogens is 2. The molecule has 0 amide bonds. The van der Waals surface area contributed by atoms with Crippen molar-refractivity contribution in [2.24, 2.45) is 0 Å². The fourth-order valence-corrected chi connectivity index (χ4v) is 6.39. The third kappa shape index (κ3) is 5.06. The maximum absolute atomic E-state index is 13.7. The van der Waals surface area contributed by atoms with E-state index in [0.717, 1.165) is 69.1 Å². The Kier molecular flexibility index (Phi) is 7.45. The Hall–Kier alpha value is -3.88. The van der Waals surface area contributed by atoms with Gasteiger partial charge < -0.3 is 19.3 Å². The topological polar surface area (TPSA) is 83.4 Å². The minimum atomic E-state index is -0.952. The van der Waals surface area contributed by atoms with Gasteiger partial charge in [0.05, 0.1) is 22.8 Å². The molecule has 9 heteroatoms. The number of carbonyl (C=O) groups is 1. The van der Waals surface area contributed by atoms with Gasteiger partial charge in [-0.2, -0.15) is 5.10 Å². The van der Waals surface area contributed by atoms with E-state index in [1.54, 1.807) is 6.07 Å². The number of fused-ring (bicyclic) bond motifs is 3. The number of H-pyrrole nitrogens is 1. The van der Waals surface area contributed by atoms with Crippen molar-refractivity contribution in [3.63, 3.8) is 0 Å². The van der Waals surface area contributed by atoms with Gasteiger partial charge in [0.2, 0.25) is 0 Å². The smallest absolute Gasteiger partial charge is 0.352 e. The molecule has 212 valence electrons. The molecule has 0 atom stereocenters. The van der Waals surface area contributed by atoms with Crippen molar-refractivity contribution >= 4 is 39.2 Å². The van der Waals surface area contributed by atoms with Gasteiger partial charge in [0, 0.05) is 40.7 Å². The summed E-state index contributed by atoms with van der Waals surface area (Å²) in [4.78, 5) is 15.1. The molecule has 0 unspecified atom stereocenters. The number of ether oxygens (including phenoxy) is 1. The number of hydrogen-bond donors (Lipinski definition) is 2. The maximum atomic E-state index is 13.7. The van der Waals surface area contributed by atoms with E-state index in [4.69, 9.17) is 16.3 Å². The quantitative estimate of drug-likeness (QED) is 0.209. The van der Waals surface area contributed by atoms with Gasteiger partial charge in [-0.05, 0) is 87.5 Å². The zero-order valence-electron chi connectivity index (χ0n) is 23.1. The van der Waals surface area contributed by atoms with Crippen molar-refractivity contribution in [1.82, 2.24) is 19.7 Å². The van der Waals surface area contributed by atoms with Crippen LogP contribution >= 0.6 is 11.6 Å². The Bertz CT molecular complexity index is 1780. The molecule has 1 aliphatic heterocycles. The van der Waals surface area contributed by atoms with Crippen LogP contribution < -0.4 is 4.74 Å². The number of aryl methyl sites for hydroxylation is 3. The van der Waals surface area contributed by atoms with E-state index in [9.17, 15) is 14.3 Å². The highest BCUT2D eigenvalue weighted by molar-refractivity contribution is 6.35. The number of aromatic amines is 1. The zero-order chi connectivity index (χ0) is 28.7. The molecule has 3 aromatic carbocycles. The van der Waals surface area contributed by atoms with Crippen LogP contribution in [0.1, 0.15) is 46.7 Å². The SMILES string of the molecule is Cc1[nH]nc2c1-c1c(Cl)ccc3c(CCCOc4cccc5cc(F)ccc45)c(C(=O)O)n(c13)CCCCN(C)C2. The monoisotopic (exact) mass is 574 g/mol. The van der Waals surface area contributed by atoms with Crippen molar-refractivity contribution in [2.75, 3.05) is 20.2 Å². The van der Waals surface area contributed by atoms with Crippen LogP contribution in [0.2, 0.25) is 5.02 Å². The second-order valence-electron chi connectivity index (χ2n) is 10.8. The van der Waals surface area contributed by atoms with E-state index in [2.05, 4.69) is 22.1 Å². The number of benzene rings is 3. The lowest BCUT2D eigenvalue weighted by Gasteiger charge is -2.16. The normalized spacial score (nSPS) is 14.2. The van der Waals surface area contributed by atoms with Crippen LogP contribution in [0.3, 0.4) is 0 Å². The second-order valence-corrected chi connectivity index (χ2v) is 11.2. The van der Waals surface area contributed by atoms with E-state index >= 15 is 0 Å². The van der Waals surface area contributed by atoms with Gasteiger partial charge in [-0.3, -0.25) is 5.10 Å². The summed E-state index contributed by atoms with van der Waals surface area (Å²) in [5.41, 5.74) is 5.50. The molecule has 6 rings (SSSR count). The molecule has 2 N–H and O–H groups in total. The molecule has 0 radical (unpaired) electrons. The molecule has 7 nitrogen and oxygen atoms in total. The number of aromatic nitrogens is 3. The number of nitrogens with one attached hydrogen (secondary N) is 1. The summed E-state index contributed by atoms with van der Waals surface area (Å²) >= 11 is 6.90. The van der Waals surface area contributed by atoms with Gasteiger partial charge in [0.15, 0.2) is 0 Å². The highest BCUT2D eigenvalue weighted by Gasteiger charge is 2.28. The number of rotatable bonds is 6. The second kappa shape index (κ2) is 11.2. The molecule has 0 saturated heterocycles. The van der Waals surface area contributed by atoms with Crippen LogP contribution in [-0.2, 0) is 19.5 Å². The summed E-state index contributed by atoms with van der Waals surface area (Å²) in [5.74, 6) is -0.561. The van der Waals surface area contributed by atoms with E-state index in [1.165, 1.54) is 12.1 Å². The third-order valence-corrected chi connectivity index (χ3v) is 8.29. The first-order valence-electron chi connectivity index (χ1n) is 13.9. The molecular weight excluding hydrogens is 543 g/mol. The Labute approximate surface area is 242 Å². The molecule has 41 heavy (non-hydrogen) atoms. The lowest BCUT2D eigenvalue weighted by Crippen LogP contribution is -2.20. The average Bonchev–Trinajstić information content (AvgIpc) is 3.44. The number of aromatic carboxylic acids is 1. The highest BCUT2D eigenvalue weighted by Crippen LogP contribution is 2.42. The number of carboxylic acids is 1. The lowest BCUT2D eigenvalue weighted by atomic mass is 9.98. The first-order valence-corrected chi connectivity index (χ1v) is 14.3. The summed E-state index contributed by atoms with van der Waals surface area (Å²) in [6.07, 6.45) is 2.90. The molecule has 0 fully saturated rings. The van der Waals surface area contributed by atoms with Gasteiger partial charge in [0.1, 0.15) is 17.3 Å². The van der Waals surface area contributed by atoms with Crippen LogP contribution in [0, 0.1) is 12.7 Å². The van der Waals surface area contributed by atoms with E-state index in [-0.39, 0.29) is 5.82 Å². The number of carboxylic acid groups (broad SMARTS) is 1. The number of nitrogens with zero attached hydrogens (tertiary/aromatic N) is 3. The first kappa shape index (κ1) is 27.3. The van der Waals surface area contributed by atoms with Crippen molar-refractivity contribution in [3.05, 3.63) is 82.0 Å². The van der Waals surface area contributed by atoms with Crippen molar-refractivity contribution in [3.8, 4) is 16.9 Å². The molecule has 0 saturated carbocycles. The van der Waals surface area contributed by atoms with Crippen molar-refractivity contribution < 1.29 is 19.0 Å². The lowest BCUT2D eigenvalue weighted by molar-refractivity contribution is 0.0684. The average molecular weight is 575 g/mol. The zero-order valence-corrected chi connectivity index (χ0v) is 23.9. The molecule has 0 aliphatic carbocycles. The van der Waals surface area contributed by atoms with Crippen LogP contribution in [0.4, 0.5) is 4.39 Å². The van der Waals surface area contributed by atoms with Crippen LogP contribution in [0.15, 0.2) is 48.5 Å². The highest BCUT2D eigenvalue weighted by atomic mass is 35.5. The molecule has 0 bridgehead atoms. The molecular formula is C32H32ClFN4O3. The van der Waals surface area contributed by atoms with Crippen LogP contribution in [0.5, 0.6) is 5.75 Å². The Morgan fingerprint density at radius 1 is 1.12 bits per heavy atom. The minimum Gasteiger partial charge on any atom is -0.493 e. The van der Waals surface area contributed by atoms with E-state index in [1.807, 2.05) is 41.8 Å². The van der Waals surface area contributed by atoms with Gasteiger partial charge in [-0.1, -0.05) is 29.8 Å². The molecule has 5 aromatic rings. The summed E-state index contributed by atoms with van der Waals surface area (Å²) in [6, 6.07) is 14.0. The largest absolute Gasteiger partial charge is 0.493 e. The first-order chi connectivity index (χ1) is 19.8. The van der Waals surface area contributed by atoms with Crippen molar-refractivity contribution in [1.29, 1.82) is 0 Å². The third-order valence-electron chi connectivity index (χ3n) is 7.97. The van der Waals surface area contributed by atoms with Crippen LogP contribution in [-0.4, -0.2) is 50.9 Å². The summed E-state index contributed by atoms with van der Waals surface area (Å²) < 4.78 is 21.8. The fraction of sp³-hybridized carbons (Fsp3) is 0.312. The van der Waals surface area contributed by atoms with Gasteiger partial charge in [0.25, 0.3) is 0 Å². The fourth-order valence-electron chi connectivity index (χ4n) is 6.15. The molecule has 3 heterocycles. The van der Waals surface area contributed by atoms with Crippen molar-refractivity contribution in [2.45, 2.75) is 45.7 Å². The molecule has 0 spiro atoms. The standard InChI is InChI=1S/C32H32ClFN4O3/c1-19-28-26(36-35-19)18-37(2)14-3-4-15-38-30-24(12-13-25(33)29(28)30)23(31(38)32(39)40)8-6-16-41-27-9-5-7-20-17-21(34)10-11-22(20)27/h5,7,9-13,17H,3-4,6,8,14-16,18H2,1-2H3,(H,35,36)(H,39,40). The Balaban J connectivity index is 1.40. The number of hydrogen-bond acceptors (Lipinski definition) is 4. The summed E-state index contributed by atoms with van der Waals surface area (Å²) in [6.45, 7) is 4.50. The Morgan fingerprint density at radius 3 is 2.76 bits per heavy atom. The van der Waals surface area contributed by atoms with E-state index in [0.29, 0.717) is 49.0 Å². The molecule has 1 aliphatic rings. The van der Waals surface area contributed by atoms with Crippen LogP contribution in [0.25, 0.3) is 32.8 Å². The predicted octanol–water partition coefficient (Wildman–Crippen LogP) is 7.22. The molecule has 2 aromatic heterocycles. The van der Waals surface area contributed by atoms with Gasteiger partial charge in [-0.15, -0.1) is 0 Å². The minimum absolute atomic E-state index is 0.289. The summed E-state index contributed by atoms with van der Waals surface area (Å²) in [7, 11) is 2.08. The maximum Gasteiger partial charge on any atom is 0.352 e. The van der Waals surface area contributed by atoms with Gasteiger partial charge in [-0.25, -0.2) is 9.18 Å². The van der Waals surface area contributed by atoms with E-state index < -0.39 is 5.97 Å².